The SMILES string of the molecule is Cc1cc(Br)ccc1NC(=O)CNC(=O)c1cn(-c2ccccc2Cl)nn1. The number of aryl methyl sites for hydroxylation is 1. The van der Waals surface area contributed by atoms with Gasteiger partial charge in [-0.15, -0.1) is 5.10 Å². The number of rotatable bonds is 5. The quantitative estimate of drug-likeness (QED) is 0.626. The topological polar surface area (TPSA) is 88.9 Å². The summed E-state index contributed by atoms with van der Waals surface area (Å²) in [6.07, 6.45) is 1.45. The van der Waals surface area contributed by atoms with Crippen molar-refractivity contribution in [3.8, 4) is 5.69 Å². The molecule has 9 heteroatoms. The van der Waals surface area contributed by atoms with Crippen LogP contribution in [-0.2, 0) is 4.79 Å². The molecule has 3 rings (SSSR count). The number of hydrogen-bond donors (Lipinski definition) is 2. The van der Waals surface area contributed by atoms with Crippen LogP contribution < -0.4 is 10.6 Å². The van der Waals surface area contributed by atoms with E-state index in [1.807, 2.05) is 19.1 Å². The van der Waals surface area contributed by atoms with Gasteiger partial charge >= 0.3 is 0 Å². The van der Waals surface area contributed by atoms with E-state index in [0.717, 1.165) is 10.0 Å². The molecule has 0 spiro atoms. The molecule has 0 aliphatic carbocycles. The molecular formula is C18H15BrClN5O2. The van der Waals surface area contributed by atoms with Gasteiger partial charge in [0.05, 0.1) is 23.5 Å². The predicted molar refractivity (Wildman–Crippen MR) is 106 cm³/mol. The van der Waals surface area contributed by atoms with Crippen molar-refractivity contribution < 1.29 is 9.59 Å². The summed E-state index contributed by atoms with van der Waals surface area (Å²) in [5.41, 5.74) is 2.28. The number of aromatic nitrogens is 3. The first-order chi connectivity index (χ1) is 12.9. The van der Waals surface area contributed by atoms with E-state index in [4.69, 9.17) is 11.6 Å². The minimum atomic E-state index is -0.504. The molecule has 2 amide bonds. The van der Waals surface area contributed by atoms with Crippen molar-refractivity contribution in [1.29, 1.82) is 0 Å². The zero-order valence-corrected chi connectivity index (χ0v) is 16.6. The average Bonchev–Trinajstić information content (AvgIpc) is 3.12. The van der Waals surface area contributed by atoms with Crippen LogP contribution in [0.2, 0.25) is 5.02 Å². The van der Waals surface area contributed by atoms with Crippen LogP contribution in [0.3, 0.4) is 0 Å². The van der Waals surface area contributed by atoms with Gasteiger partial charge in [-0.2, -0.15) is 0 Å². The molecule has 0 radical (unpaired) electrons. The first-order valence-corrected chi connectivity index (χ1v) is 9.12. The van der Waals surface area contributed by atoms with Crippen LogP contribution in [0.1, 0.15) is 16.1 Å². The summed E-state index contributed by atoms with van der Waals surface area (Å²) in [6, 6.07) is 12.6. The zero-order chi connectivity index (χ0) is 19.4. The Morgan fingerprint density at radius 2 is 2.00 bits per heavy atom. The van der Waals surface area contributed by atoms with Gasteiger partial charge < -0.3 is 10.6 Å². The van der Waals surface area contributed by atoms with Crippen LogP contribution in [0.4, 0.5) is 5.69 Å². The molecular weight excluding hydrogens is 434 g/mol. The minimum Gasteiger partial charge on any atom is -0.342 e. The van der Waals surface area contributed by atoms with E-state index in [1.165, 1.54) is 10.9 Å². The highest BCUT2D eigenvalue weighted by Crippen LogP contribution is 2.20. The van der Waals surface area contributed by atoms with Gasteiger partial charge in [0.25, 0.3) is 5.91 Å². The predicted octanol–water partition coefficient (Wildman–Crippen LogP) is 3.36. The number of anilines is 1. The Kier molecular flexibility index (Phi) is 5.88. The Morgan fingerprint density at radius 1 is 1.22 bits per heavy atom. The summed E-state index contributed by atoms with van der Waals surface area (Å²) in [4.78, 5) is 24.3. The van der Waals surface area contributed by atoms with Crippen LogP contribution in [0.25, 0.3) is 5.69 Å². The first kappa shape index (κ1) is 19.1. The van der Waals surface area contributed by atoms with Crippen LogP contribution in [0.5, 0.6) is 0 Å². The molecule has 2 N–H and O–H groups in total. The lowest BCUT2D eigenvalue weighted by Gasteiger charge is -2.09. The molecule has 27 heavy (non-hydrogen) atoms. The van der Waals surface area contributed by atoms with E-state index in [0.29, 0.717) is 16.4 Å². The van der Waals surface area contributed by atoms with E-state index in [2.05, 4.69) is 36.9 Å². The van der Waals surface area contributed by atoms with Crippen molar-refractivity contribution in [3.05, 3.63) is 69.4 Å². The molecule has 0 atom stereocenters. The highest BCUT2D eigenvalue weighted by Gasteiger charge is 2.14. The Balaban J connectivity index is 1.59. The lowest BCUT2D eigenvalue weighted by atomic mass is 10.2. The summed E-state index contributed by atoms with van der Waals surface area (Å²) in [5, 5.41) is 13.5. The number of carbonyl (C=O) groups is 2. The number of nitrogens with one attached hydrogen (secondary N) is 2. The van der Waals surface area contributed by atoms with Crippen molar-refractivity contribution in [3.63, 3.8) is 0 Å². The van der Waals surface area contributed by atoms with Gasteiger partial charge in [-0.3, -0.25) is 9.59 Å². The molecule has 1 heterocycles. The summed E-state index contributed by atoms with van der Waals surface area (Å²) in [7, 11) is 0. The van der Waals surface area contributed by atoms with Crippen molar-refractivity contribution in [1.82, 2.24) is 20.3 Å². The number of halogens is 2. The number of amides is 2. The fourth-order valence-corrected chi connectivity index (χ4v) is 3.03. The molecule has 0 fully saturated rings. The van der Waals surface area contributed by atoms with E-state index in [1.54, 1.807) is 30.3 Å². The molecule has 7 nitrogen and oxygen atoms in total. The number of benzene rings is 2. The Morgan fingerprint density at radius 3 is 2.74 bits per heavy atom. The maximum Gasteiger partial charge on any atom is 0.273 e. The molecule has 3 aromatic rings. The van der Waals surface area contributed by atoms with Crippen molar-refractivity contribution in [2.75, 3.05) is 11.9 Å². The Labute approximate surface area is 168 Å². The fraction of sp³-hybridized carbons (Fsp3) is 0.111. The highest BCUT2D eigenvalue weighted by atomic mass is 79.9. The molecule has 138 valence electrons. The van der Waals surface area contributed by atoms with Gasteiger partial charge in [0.2, 0.25) is 5.91 Å². The normalized spacial score (nSPS) is 10.5. The number of carbonyl (C=O) groups excluding carboxylic acids is 2. The number of hydrogen-bond acceptors (Lipinski definition) is 4. The maximum atomic E-state index is 12.2. The number of para-hydroxylation sites is 1. The molecule has 0 aliphatic rings. The van der Waals surface area contributed by atoms with E-state index >= 15 is 0 Å². The molecule has 1 aromatic heterocycles. The van der Waals surface area contributed by atoms with E-state index < -0.39 is 5.91 Å². The van der Waals surface area contributed by atoms with Gasteiger partial charge in [-0.1, -0.05) is 44.9 Å². The average molecular weight is 449 g/mol. The summed E-state index contributed by atoms with van der Waals surface area (Å²) >= 11 is 9.47. The largest absolute Gasteiger partial charge is 0.342 e. The maximum absolute atomic E-state index is 12.2. The van der Waals surface area contributed by atoms with Crippen LogP contribution in [0, 0.1) is 6.92 Å². The van der Waals surface area contributed by atoms with Gasteiger partial charge in [0, 0.05) is 10.2 Å². The van der Waals surface area contributed by atoms with Gasteiger partial charge in [-0.05, 0) is 42.8 Å². The number of nitrogens with zero attached hydrogens (tertiary/aromatic N) is 3. The third-order valence-electron chi connectivity index (χ3n) is 3.70. The zero-order valence-electron chi connectivity index (χ0n) is 14.2. The fourth-order valence-electron chi connectivity index (χ4n) is 2.34. The van der Waals surface area contributed by atoms with Crippen LogP contribution in [-0.4, -0.2) is 33.4 Å². The minimum absolute atomic E-state index is 0.0857. The first-order valence-electron chi connectivity index (χ1n) is 7.95. The van der Waals surface area contributed by atoms with Crippen LogP contribution in [0.15, 0.2) is 53.1 Å². The second-order valence-electron chi connectivity index (χ2n) is 5.69. The molecule has 0 aliphatic heterocycles. The van der Waals surface area contributed by atoms with Gasteiger partial charge in [-0.25, -0.2) is 4.68 Å². The van der Waals surface area contributed by atoms with Crippen molar-refractivity contribution in [2.45, 2.75) is 6.92 Å². The van der Waals surface area contributed by atoms with Crippen LogP contribution >= 0.6 is 27.5 Å². The monoisotopic (exact) mass is 447 g/mol. The summed E-state index contributed by atoms with van der Waals surface area (Å²) in [5.74, 6) is -0.844. The standard InChI is InChI=1S/C18H15BrClN5O2/c1-11-8-12(19)6-7-14(11)22-17(26)9-21-18(27)15-10-25(24-23-15)16-5-3-2-4-13(16)20/h2-8,10H,9H2,1H3,(H,21,27)(H,22,26). The van der Waals surface area contributed by atoms with Gasteiger partial charge in [0.15, 0.2) is 5.69 Å². The molecule has 0 saturated heterocycles. The van der Waals surface area contributed by atoms with Crippen molar-refractivity contribution in [2.24, 2.45) is 0 Å². The molecule has 0 unspecified atom stereocenters. The molecule has 0 saturated carbocycles. The third-order valence-corrected chi connectivity index (χ3v) is 4.51. The van der Waals surface area contributed by atoms with E-state index in [-0.39, 0.29) is 18.1 Å². The summed E-state index contributed by atoms with van der Waals surface area (Å²) in [6.45, 7) is 1.69. The third kappa shape index (κ3) is 4.72. The van der Waals surface area contributed by atoms with E-state index in [9.17, 15) is 9.59 Å². The smallest absolute Gasteiger partial charge is 0.273 e. The Bertz CT molecular complexity index is 1000. The van der Waals surface area contributed by atoms with Gasteiger partial charge in [0.1, 0.15) is 0 Å². The second-order valence-corrected chi connectivity index (χ2v) is 7.01. The highest BCUT2D eigenvalue weighted by molar-refractivity contribution is 9.10. The lowest BCUT2D eigenvalue weighted by Crippen LogP contribution is -2.33. The molecule has 2 aromatic carbocycles. The molecule has 0 bridgehead atoms. The second kappa shape index (κ2) is 8.32. The Hall–Kier alpha value is -2.71. The lowest BCUT2D eigenvalue weighted by molar-refractivity contribution is -0.115. The summed E-state index contributed by atoms with van der Waals surface area (Å²) < 4.78 is 2.33. The van der Waals surface area contributed by atoms with Crippen molar-refractivity contribution >= 4 is 45.0 Å².